The van der Waals surface area contributed by atoms with Gasteiger partial charge < -0.3 is 5.32 Å². The highest BCUT2D eigenvalue weighted by atomic mass is 19.1. The summed E-state index contributed by atoms with van der Waals surface area (Å²) in [6, 6.07) is 22.6. The molecule has 1 N–H and O–H groups in total. The standard InChI is InChI=1S/C29H23FN4O3/c30-23-11-8-21(9-12-23)29-22(19-34(32-29)25-4-2-1-3-5-25)10-15-26(35)31-24-13-6-20(7-14-24)18-33-27(36)16-17-28(33)37/h1-15,19H,16-18H2,(H,31,35)/b15-10+. The fourth-order valence-corrected chi connectivity index (χ4v) is 4.08. The summed E-state index contributed by atoms with van der Waals surface area (Å²) in [4.78, 5) is 37.5. The van der Waals surface area contributed by atoms with Crippen LogP contribution in [0.25, 0.3) is 23.0 Å². The van der Waals surface area contributed by atoms with E-state index in [2.05, 4.69) is 10.4 Å². The third-order valence-electron chi connectivity index (χ3n) is 6.01. The second-order valence-electron chi connectivity index (χ2n) is 8.61. The molecule has 5 rings (SSSR count). The number of carbonyl (C=O) groups excluding carboxylic acids is 3. The Morgan fingerprint density at radius 2 is 1.59 bits per heavy atom. The third kappa shape index (κ3) is 5.54. The number of benzene rings is 3. The number of imide groups is 1. The molecule has 3 amide bonds. The zero-order chi connectivity index (χ0) is 25.8. The van der Waals surface area contributed by atoms with Crippen molar-refractivity contribution in [1.29, 1.82) is 0 Å². The number of hydrogen-bond donors (Lipinski definition) is 1. The summed E-state index contributed by atoms with van der Waals surface area (Å²) in [7, 11) is 0. The molecule has 3 aromatic carbocycles. The van der Waals surface area contributed by atoms with E-state index in [0.717, 1.165) is 16.8 Å². The smallest absolute Gasteiger partial charge is 0.248 e. The Bertz CT molecular complexity index is 1460. The average Bonchev–Trinajstić information content (AvgIpc) is 3.48. The molecule has 0 aliphatic carbocycles. The fourth-order valence-electron chi connectivity index (χ4n) is 4.08. The van der Waals surface area contributed by atoms with Gasteiger partial charge in [-0.3, -0.25) is 19.3 Å². The SMILES string of the molecule is O=C(/C=C/c1cn(-c2ccccc2)nc1-c1ccc(F)cc1)Nc1ccc(CN2C(=O)CCC2=O)cc1. The van der Waals surface area contributed by atoms with Crippen LogP contribution in [0.15, 0.2) is 91.1 Å². The van der Waals surface area contributed by atoms with E-state index in [1.165, 1.54) is 23.1 Å². The molecular weight excluding hydrogens is 471 g/mol. The lowest BCUT2D eigenvalue weighted by atomic mass is 10.1. The lowest BCUT2D eigenvalue weighted by Crippen LogP contribution is -2.28. The predicted molar refractivity (Wildman–Crippen MR) is 138 cm³/mol. The number of carbonyl (C=O) groups is 3. The van der Waals surface area contributed by atoms with Crippen LogP contribution in [0.1, 0.15) is 24.0 Å². The van der Waals surface area contributed by atoms with Gasteiger partial charge >= 0.3 is 0 Å². The van der Waals surface area contributed by atoms with Gasteiger partial charge in [0.25, 0.3) is 0 Å². The molecule has 1 aliphatic rings. The molecule has 0 atom stereocenters. The van der Waals surface area contributed by atoms with E-state index >= 15 is 0 Å². The van der Waals surface area contributed by atoms with Crippen LogP contribution in [0, 0.1) is 5.82 Å². The minimum Gasteiger partial charge on any atom is -0.323 e. The maximum atomic E-state index is 13.5. The third-order valence-corrected chi connectivity index (χ3v) is 6.01. The number of nitrogens with one attached hydrogen (secondary N) is 1. The van der Waals surface area contributed by atoms with E-state index in [1.54, 1.807) is 47.2 Å². The summed E-state index contributed by atoms with van der Waals surface area (Å²) in [5, 5.41) is 7.47. The summed E-state index contributed by atoms with van der Waals surface area (Å²) in [6.45, 7) is 0.226. The van der Waals surface area contributed by atoms with Crippen LogP contribution in [0.5, 0.6) is 0 Å². The van der Waals surface area contributed by atoms with Crippen LogP contribution in [-0.4, -0.2) is 32.4 Å². The maximum absolute atomic E-state index is 13.5. The van der Waals surface area contributed by atoms with Gasteiger partial charge in [0.15, 0.2) is 0 Å². The van der Waals surface area contributed by atoms with Crippen LogP contribution in [0.2, 0.25) is 0 Å². The lowest BCUT2D eigenvalue weighted by molar-refractivity contribution is -0.139. The number of likely N-dealkylation sites (tertiary alicyclic amines) is 1. The van der Waals surface area contributed by atoms with E-state index in [1.807, 2.05) is 36.5 Å². The van der Waals surface area contributed by atoms with Gasteiger partial charge in [0.2, 0.25) is 17.7 Å². The number of para-hydroxylation sites is 1. The van der Waals surface area contributed by atoms with E-state index in [9.17, 15) is 18.8 Å². The van der Waals surface area contributed by atoms with E-state index < -0.39 is 0 Å². The molecule has 0 unspecified atom stereocenters. The minimum atomic E-state index is -0.340. The van der Waals surface area contributed by atoms with Crippen molar-refractivity contribution in [2.24, 2.45) is 0 Å². The van der Waals surface area contributed by atoms with Gasteiger partial charge in [-0.1, -0.05) is 30.3 Å². The number of rotatable bonds is 7. The molecule has 0 saturated carbocycles. The van der Waals surface area contributed by atoms with Crippen LogP contribution in [0.3, 0.4) is 0 Å². The Morgan fingerprint density at radius 1 is 0.919 bits per heavy atom. The highest BCUT2D eigenvalue weighted by Crippen LogP contribution is 2.25. The Balaban J connectivity index is 1.31. The Kier molecular flexibility index (Phi) is 6.72. The van der Waals surface area contributed by atoms with Crippen molar-refractivity contribution in [3.63, 3.8) is 0 Å². The quantitative estimate of drug-likeness (QED) is 0.290. The molecule has 0 radical (unpaired) electrons. The first-order valence-electron chi connectivity index (χ1n) is 11.8. The normalized spacial score (nSPS) is 13.5. The largest absolute Gasteiger partial charge is 0.323 e. The fraction of sp³-hybridized carbons (Fsp3) is 0.103. The van der Waals surface area contributed by atoms with Crippen molar-refractivity contribution in [1.82, 2.24) is 14.7 Å². The number of anilines is 1. The van der Waals surface area contributed by atoms with Crippen LogP contribution >= 0.6 is 0 Å². The van der Waals surface area contributed by atoms with Gasteiger partial charge in [-0.25, -0.2) is 9.07 Å². The molecule has 2 heterocycles. The second kappa shape index (κ2) is 10.4. The monoisotopic (exact) mass is 494 g/mol. The molecule has 184 valence electrons. The summed E-state index contributed by atoms with van der Waals surface area (Å²) in [6.07, 6.45) is 5.40. The Labute approximate surface area is 212 Å². The number of aromatic nitrogens is 2. The summed E-state index contributed by atoms with van der Waals surface area (Å²) >= 11 is 0. The number of halogens is 1. The molecular formula is C29H23FN4O3. The van der Waals surface area contributed by atoms with Gasteiger partial charge in [0.05, 0.1) is 17.9 Å². The highest BCUT2D eigenvalue weighted by molar-refractivity contribution is 6.03. The Morgan fingerprint density at radius 3 is 2.27 bits per heavy atom. The average molecular weight is 495 g/mol. The molecule has 7 nitrogen and oxygen atoms in total. The summed E-state index contributed by atoms with van der Waals surface area (Å²) in [5.74, 6) is -1.01. The van der Waals surface area contributed by atoms with Gasteiger partial charge in [-0.2, -0.15) is 5.10 Å². The van der Waals surface area contributed by atoms with Crippen LogP contribution < -0.4 is 5.32 Å². The van der Waals surface area contributed by atoms with Gasteiger partial charge in [0, 0.05) is 41.9 Å². The lowest BCUT2D eigenvalue weighted by Gasteiger charge is -2.14. The maximum Gasteiger partial charge on any atom is 0.248 e. The first-order valence-corrected chi connectivity index (χ1v) is 11.8. The zero-order valence-corrected chi connectivity index (χ0v) is 19.8. The number of hydrogen-bond acceptors (Lipinski definition) is 4. The van der Waals surface area contributed by atoms with Crippen molar-refractivity contribution in [3.8, 4) is 16.9 Å². The predicted octanol–water partition coefficient (Wildman–Crippen LogP) is 4.98. The van der Waals surface area contributed by atoms with Crippen molar-refractivity contribution >= 4 is 29.5 Å². The first kappa shape index (κ1) is 23.9. The second-order valence-corrected chi connectivity index (χ2v) is 8.61. The summed E-state index contributed by atoms with van der Waals surface area (Å²) < 4.78 is 15.2. The van der Waals surface area contributed by atoms with Gasteiger partial charge in [0.1, 0.15) is 5.82 Å². The minimum absolute atomic E-state index is 0.164. The molecule has 1 fully saturated rings. The number of nitrogens with zero attached hydrogens (tertiary/aromatic N) is 3. The van der Waals surface area contributed by atoms with Crippen molar-refractivity contribution in [2.45, 2.75) is 19.4 Å². The molecule has 37 heavy (non-hydrogen) atoms. The van der Waals surface area contributed by atoms with E-state index in [-0.39, 0.29) is 42.9 Å². The Hall–Kier alpha value is -4.85. The zero-order valence-electron chi connectivity index (χ0n) is 19.8. The van der Waals surface area contributed by atoms with E-state index in [4.69, 9.17) is 0 Å². The molecule has 1 aliphatic heterocycles. The van der Waals surface area contributed by atoms with Crippen LogP contribution in [0.4, 0.5) is 10.1 Å². The van der Waals surface area contributed by atoms with Crippen molar-refractivity contribution in [3.05, 3.63) is 108 Å². The molecule has 0 bridgehead atoms. The molecule has 8 heteroatoms. The first-order chi connectivity index (χ1) is 18.0. The highest BCUT2D eigenvalue weighted by Gasteiger charge is 2.28. The van der Waals surface area contributed by atoms with E-state index in [0.29, 0.717) is 16.9 Å². The van der Waals surface area contributed by atoms with Gasteiger partial charge in [-0.05, 0) is 60.2 Å². The molecule has 4 aromatic rings. The number of amides is 3. The topological polar surface area (TPSA) is 84.3 Å². The van der Waals surface area contributed by atoms with Gasteiger partial charge in [-0.15, -0.1) is 0 Å². The van der Waals surface area contributed by atoms with Crippen molar-refractivity contribution < 1.29 is 18.8 Å². The van der Waals surface area contributed by atoms with Crippen LogP contribution in [-0.2, 0) is 20.9 Å². The molecule has 0 spiro atoms. The molecule has 1 aromatic heterocycles. The van der Waals surface area contributed by atoms with Crippen molar-refractivity contribution in [2.75, 3.05) is 5.32 Å². The molecule has 1 saturated heterocycles. The summed E-state index contributed by atoms with van der Waals surface area (Å²) in [5.41, 5.74) is 4.27.